The largest absolute Gasteiger partial charge is 0.375 e. The number of nitrogens with zero attached hydrogens (tertiary/aromatic N) is 2. The molecule has 0 aromatic heterocycles. The third-order valence-corrected chi connectivity index (χ3v) is 6.84. The number of aliphatic hydroxyl groups is 1. The van der Waals surface area contributed by atoms with Gasteiger partial charge in [0, 0.05) is 44.9 Å². The molecule has 2 N–H and O–H groups in total. The lowest BCUT2D eigenvalue weighted by atomic mass is 9.79. The molecule has 152 valence electrons. The third kappa shape index (κ3) is 3.30. The molecule has 2 saturated heterocycles. The van der Waals surface area contributed by atoms with E-state index < -0.39 is 29.8 Å². The number of carbonyl (C=O) groups is 1. The molecule has 2 unspecified atom stereocenters. The van der Waals surface area contributed by atoms with Crippen LogP contribution in [0.5, 0.6) is 0 Å². The zero-order valence-electron chi connectivity index (χ0n) is 15.9. The molecule has 1 aromatic rings. The van der Waals surface area contributed by atoms with Crippen LogP contribution in [0.1, 0.15) is 31.2 Å². The number of benzene rings is 1. The van der Waals surface area contributed by atoms with E-state index in [9.17, 15) is 18.7 Å². The van der Waals surface area contributed by atoms with E-state index in [0.717, 1.165) is 19.5 Å². The van der Waals surface area contributed by atoms with E-state index in [1.54, 1.807) is 35.2 Å². The van der Waals surface area contributed by atoms with Crippen molar-refractivity contribution < 1.29 is 18.7 Å². The van der Waals surface area contributed by atoms with Crippen LogP contribution >= 0.6 is 0 Å². The number of halogens is 2. The topological polar surface area (TPSA) is 67.6 Å². The van der Waals surface area contributed by atoms with Crippen molar-refractivity contribution in [3.8, 4) is 0 Å². The van der Waals surface area contributed by atoms with Crippen molar-refractivity contribution in [1.29, 1.82) is 5.41 Å². The summed E-state index contributed by atoms with van der Waals surface area (Å²) >= 11 is 0. The standard InChI is InChI=1S/C21H27F2N3O2/c22-20(23)8-6-18(10-20)21(28,17-4-2-1-3-5-17)19(27)26-12-15-7-9-25(14-24)11-16(15)13-26/h1-5,14-16,18,24,28H,6-13H2/t15?,16?,18-,21+/m1/s1. The number of alkyl halides is 2. The maximum atomic E-state index is 13.9. The number of fused-ring (bicyclic) bond motifs is 1. The molecule has 1 aromatic carbocycles. The first-order valence-electron chi connectivity index (χ1n) is 10.0. The molecule has 1 amide bonds. The molecule has 1 saturated carbocycles. The lowest BCUT2D eigenvalue weighted by molar-refractivity contribution is -0.159. The zero-order valence-corrected chi connectivity index (χ0v) is 15.9. The van der Waals surface area contributed by atoms with Gasteiger partial charge >= 0.3 is 0 Å². The second-order valence-corrected chi connectivity index (χ2v) is 8.57. The fourth-order valence-corrected chi connectivity index (χ4v) is 5.25. The van der Waals surface area contributed by atoms with Crippen molar-refractivity contribution in [3.05, 3.63) is 35.9 Å². The Morgan fingerprint density at radius 2 is 1.89 bits per heavy atom. The predicted molar refractivity (Wildman–Crippen MR) is 101 cm³/mol. The Morgan fingerprint density at radius 1 is 1.18 bits per heavy atom. The van der Waals surface area contributed by atoms with Crippen LogP contribution in [0.3, 0.4) is 0 Å². The molecule has 1 aliphatic carbocycles. The van der Waals surface area contributed by atoms with E-state index in [0.29, 0.717) is 24.6 Å². The predicted octanol–water partition coefficient (Wildman–Crippen LogP) is 2.70. The van der Waals surface area contributed by atoms with Gasteiger partial charge in [-0.1, -0.05) is 30.3 Å². The Kier molecular flexibility index (Phi) is 4.89. The normalized spacial score (nSPS) is 31.3. The summed E-state index contributed by atoms with van der Waals surface area (Å²) in [4.78, 5) is 17.1. The average Bonchev–Trinajstić information content (AvgIpc) is 3.29. The summed E-state index contributed by atoms with van der Waals surface area (Å²) in [5, 5.41) is 19.1. The molecule has 28 heavy (non-hydrogen) atoms. The summed E-state index contributed by atoms with van der Waals surface area (Å²) in [7, 11) is 0. The highest BCUT2D eigenvalue weighted by Gasteiger charge is 2.55. The molecule has 7 heteroatoms. The van der Waals surface area contributed by atoms with Gasteiger partial charge < -0.3 is 14.9 Å². The van der Waals surface area contributed by atoms with Crippen LogP contribution < -0.4 is 0 Å². The van der Waals surface area contributed by atoms with E-state index in [1.807, 2.05) is 4.90 Å². The number of nitrogens with one attached hydrogen (secondary N) is 1. The van der Waals surface area contributed by atoms with Gasteiger partial charge in [0.2, 0.25) is 5.92 Å². The summed E-state index contributed by atoms with van der Waals surface area (Å²) < 4.78 is 27.9. The van der Waals surface area contributed by atoms with Crippen molar-refractivity contribution in [2.45, 2.75) is 37.2 Å². The Balaban J connectivity index is 1.60. The smallest absolute Gasteiger partial charge is 0.259 e. The highest BCUT2D eigenvalue weighted by Crippen LogP contribution is 2.48. The maximum absolute atomic E-state index is 13.9. The third-order valence-electron chi connectivity index (χ3n) is 6.84. The van der Waals surface area contributed by atoms with Crippen molar-refractivity contribution in [2.24, 2.45) is 17.8 Å². The molecule has 2 aliphatic heterocycles. The van der Waals surface area contributed by atoms with Gasteiger partial charge in [-0.15, -0.1) is 0 Å². The Morgan fingerprint density at radius 3 is 2.54 bits per heavy atom. The molecule has 3 aliphatic rings. The molecule has 0 bridgehead atoms. The summed E-state index contributed by atoms with van der Waals surface area (Å²) in [5.41, 5.74) is -1.52. The van der Waals surface area contributed by atoms with E-state index in [4.69, 9.17) is 5.41 Å². The molecule has 4 atom stereocenters. The number of piperidine rings is 1. The Bertz CT molecular complexity index is 744. The van der Waals surface area contributed by atoms with Crippen LogP contribution in [0.4, 0.5) is 8.78 Å². The lowest BCUT2D eigenvalue weighted by Gasteiger charge is -2.36. The maximum Gasteiger partial charge on any atom is 0.259 e. The van der Waals surface area contributed by atoms with Gasteiger partial charge in [-0.2, -0.15) is 0 Å². The van der Waals surface area contributed by atoms with E-state index in [1.165, 1.54) is 6.34 Å². The quantitative estimate of drug-likeness (QED) is 0.613. The van der Waals surface area contributed by atoms with Crippen molar-refractivity contribution in [1.82, 2.24) is 9.80 Å². The van der Waals surface area contributed by atoms with Crippen LogP contribution in [-0.2, 0) is 10.4 Å². The molecule has 3 fully saturated rings. The van der Waals surface area contributed by atoms with Crippen molar-refractivity contribution >= 4 is 12.2 Å². The molecule has 0 spiro atoms. The number of carbonyl (C=O) groups excluding carboxylic acids is 1. The first-order chi connectivity index (χ1) is 13.3. The first-order valence-corrected chi connectivity index (χ1v) is 10.0. The van der Waals surface area contributed by atoms with Crippen LogP contribution in [0, 0.1) is 23.2 Å². The fourth-order valence-electron chi connectivity index (χ4n) is 5.25. The summed E-state index contributed by atoms with van der Waals surface area (Å²) in [6.07, 6.45) is 1.61. The lowest BCUT2D eigenvalue weighted by Crippen LogP contribution is -2.50. The number of likely N-dealkylation sites (tertiary alicyclic amines) is 2. The molecule has 2 heterocycles. The highest BCUT2D eigenvalue weighted by atomic mass is 19.3. The fraction of sp³-hybridized carbons (Fsp3) is 0.619. The number of rotatable bonds is 4. The summed E-state index contributed by atoms with van der Waals surface area (Å²) in [5.74, 6) is -3.48. The van der Waals surface area contributed by atoms with Gasteiger partial charge in [-0.05, 0) is 30.2 Å². The number of amides is 1. The minimum atomic E-state index is -2.84. The molecule has 4 rings (SSSR count). The molecule has 5 nitrogen and oxygen atoms in total. The number of hydrogen-bond acceptors (Lipinski definition) is 3. The van der Waals surface area contributed by atoms with E-state index in [-0.39, 0.29) is 18.8 Å². The van der Waals surface area contributed by atoms with Gasteiger partial charge in [0.15, 0.2) is 5.60 Å². The van der Waals surface area contributed by atoms with Gasteiger partial charge in [0.1, 0.15) is 0 Å². The zero-order chi connectivity index (χ0) is 19.9. The second-order valence-electron chi connectivity index (χ2n) is 8.57. The van der Waals surface area contributed by atoms with Crippen LogP contribution in [0.15, 0.2) is 30.3 Å². The molecular weight excluding hydrogens is 364 g/mol. The van der Waals surface area contributed by atoms with Crippen molar-refractivity contribution in [3.63, 3.8) is 0 Å². The van der Waals surface area contributed by atoms with Crippen LogP contribution in [0.2, 0.25) is 0 Å². The SMILES string of the molecule is N=CN1CCC2CN(C(=O)[C@](O)(c3ccccc3)[C@@H]3CCC(F)(F)C3)CC2C1. The van der Waals surface area contributed by atoms with Crippen LogP contribution in [-0.4, -0.2) is 59.3 Å². The average molecular weight is 391 g/mol. The molecule has 0 radical (unpaired) electrons. The molecular formula is C21H27F2N3O2. The Hall–Kier alpha value is -2.02. The summed E-state index contributed by atoms with van der Waals surface area (Å²) in [6.45, 7) is 2.58. The van der Waals surface area contributed by atoms with E-state index >= 15 is 0 Å². The minimum absolute atomic E-state index is 0.131. The summed E-state index contributed by atoms with van der Waals surface area (Å²) in [6, 6.07) is 8.56. The highest BCUT2D eigenvalue weighted by molar-refractivity contribution is 5.87. The Labute approximate surface area is 163 Å². The number of hydrogen-bond donors (Lipinski definition) is 2. The van der Waals surface area contributed by atoms with Crippen molar-refractivity contribution in [2.75, 3.05) is 26.2 Å². The van der Waals surface area contributed by atoms with E-state index in [2.05, 4.69) is 0 Å². The second kappa shape index (κ2) is 7.10. The van der Waals surface area contributed by atoms with Gasteiger partial charge in [-0.25, -0.2) is 8.78 Å². The van der Waals surface area contributed by atoms with Crippen LogP contribution in [0.25, 0.3) is 0 Å². The van der Waals surface area contributed by atoms with Gasteiger partial charge in [-0.3, -0.25) is 10.2 Å². The van der Waals surface area contributed by atoms with Gasteiger partial charge in [0.25, 0.3) is 5.91 Å². The van der Waals surface area contributed by atoms with Gasteiger partial charge in [0.05, 0.1) is 6.34 Å². The first kappa shape index (κ1) is 19.3. The monoisotopic (exact) mass is 391 g/mol. The minimum Gasteiger partial charge on any atom is -0.375 e.